The summed E-state index contributed by atoms with van der Waals surface area (Å²) >= 11 is 0. The van der Waals surface area contributed by atoms with Crippen LogP contribution in [-0.4, -0.2) is 36.7 Å². The molecular formula is C11H21NO. The molecule has 0 amide bonds. The van der Waals surface area contributed by atoms with Gasteiger partial charge in [0.2, 0.25) is 0 Å². The lowest BCUT2D eigenvalue weighted by molar-refractivity contribution is -0.0212. The van der Waals surface area contributed by atoms with Crippen molar-refractivity contribution in [3.8, 4) is 0 Å². The average Bonchev–Trinajstić information content (AvgIpc) is 2.04. The molecule has 0 radical (unpaired) electrons. The third-order valence-corrected chi connectivity index (χ3v) is 3.46. The highest BCUT2D eigenvalue weighted by Gasteiger charge is 2.31. The first-order valence-electron chi connectivity index (χ1n) is 5.61. The number of hydrogen-bond acceptors (Lipinski definition) is 2. The molecule has 0 aromatic heterocycles. The van der Waals surface area contributed by atoms with Crippen LogP contribution in [0.5, 0.6) is 0 Å². The topological polar surface area (TPSA) is 12.5 Å². The molecule has 2 heteroatoms. The molecule has 0 aliphatic carbocycles. The first-order valence-corrected chi connectivity index (χ1v) is 5.61. The molecule has 0 N–H and O–H groups in total. The van der Waals surface area contributed by atoms with Gasteiger partial charge in [-0.2, -0.15) is 0 Å². The molecule has 3 saturated heterocycles. The summed E-state index contributed by atoms with van der Waals surface area (Å²) < 4.78 is 5.61. The quantitative estimate of drug-likeness (QED) is 0.615. The molecule has 3 rings (SSSR count). The molecule has 0 aromatic rings. The zero-order valence-corrected chi connectivity index (χ0v) is 8.83. The van der Waals surface area contributed by atoms with Gasteiger partial charge in [-0.25, -0.2) is 0 Å². The Hall–Kier alpha value is -0.0800. The first kappa shape index (κ1) is 9.47. The average molecular weight is 183 g/mol. The SMILES string of the molecule is CC(C)N1CC2CCC1CCOC2. The van der Waals surface area contributed by atoms with Crippen molar-refractivity contribution in [3.63, 3.8) is 0 Å². The number of rotatable bonds is 1. The van der Waals surface area contributed by atoms with Crippen LogP contribution in [0.4, 0.5) is 0 Å². The van der Waals surface area contributed by atoms with Gasteiger partial charge >= 0.3 is 0 Å². The molecule has 2 nitrogen and oxygen atoms in total. The Kier molecular flexibility index (Phi) is 2.89. The van der Waals surface area contributed by atoms with E-state index in [1.54, 1.807) is 0 Å². The number of hydrogen-bond donors (Lipinski definition) is 0. The van der Waals surface area contributed by atoms with E-state index in [-0.39, 0.29) is 0 Å². The van der Waals surface area contributed by atoms with E-state index in [0.29, 0.717) is 6.04 Å². The van der Waals surface area contributed by atoms with E-state index < -0.39 is 0 Å². The van der Waals surface area contributed by atoms with E-state index in [2.05, 4.69) is 18.7 Å². The maximum absolute atomic E-state index is 5.61. The molecule has 0 spiro atoms. The van der Waals surface area contributed by atoms with Crippen molar-refractivity contribution < 1.29 is 4.74 Å². The maximum atomic E-state index is 5.61. The van der Waals surface area contributed by atoms with Gasteiger partial charge in [0.05, 0.1) is 6.61 Å². The lowest BCUT2D eigenvalue weighted by atomic mass is 9.89. The maximum Gasteiger partial charge on any atom is 0.0506 e. The van der Waals surface area contributed by atoms with Crippen molar-refractivity contribution in [1.82, 2.24) is 4.90 Å². The zero-order valence-electron chi connectivity index (χ0n) is 8.83. The highest BCUT2D eigenvalue weighted by Crippen LogP contribution is 2.28. The van der Waals surface area contributed by atoms with Crippen molar-refractivity contribution >= 4 is 0 Å². The second-order valence-corrected chi connectivity index (χ2v) is 4.75. The predicted octanol–water partition coefficient (Wildman–Crippen LogP) is 1.90. The van der Waals surface area contributed by atoms with Gasteiger partial charge in [-0.05, 0) is 39.0 Å². The van der Waals surface area contributed by atoms with Gasteiger partial charge in [-0.1, -0.05) is 0 Å². The molecule has 3 heterocycles. The van der Waals surface area contributed by atoms with Crippen LogP contribution in [0.3, 0.4) is 0 Å². The molecule has 3 aliphatic rings. The van der Waals surface area contributed by atoms with Crippen LogP contribution in [0.2, 0.25) is 0 Å². The van der Waals surface area contributed by atoms with E-state index in [0.717, 1.165) is 25.2 Å². The standard InChI is InChI=1S/C11H21NO/c1-9(2)12-7-10-3-4-11(12)5-6-13-8-10/h9-11H,3-8H2,1-2H3. The number of ether oxygens (including phenoxy) is 1. The smallest absolute Gasteiger partial charge is 0.0506 e. The van der Waals surface area contributed by atoms with Crippen molar-refractivity contribution in [2.24, 2.45) is 5.92 Å². The Labute approximate surface area is 81.3 Å². The minimum absolute atomic E-state index is 0.714. The lowest BCUT2D eigenvalue weighted by Gasteiger charge is -2.44. The van der Waals surface area contributed by atoms with E-state index in [1.807, 2.05) is 0 Å². The Balaban J connectivity index is 2.04. The molecule has 76 valence electrons. The highest BCUT2D eigenvalue weighted by molar-refractivity contribution is 4.84. The van der Waals surface area contributed by atoms with Crippen LogP contribution in [0.15, 0.2) is 0 Å². The Morgan fingerprint density at radius 3 is 2.85 bits per heavy atom. The van der Waals surface area contributed by atoms with Gasteiger partial charge in [-0.3, -0.25) is 4.90 Å². The minimum atomic E-state index is 0.714. The number of piperidine rings is 1. The van der Waals surface area contributed by atoms with Gasteiger partial charge in [0.15, 0.2) is 0 Å². The van der Waals surface area contributed by atoms with E-state index in [4.69, 9.17) is 4.74 Å². The van der Waals surface area contributed by atoms with Crippen molar-refractivity contribution in [1.29, 1.82) is 0 Å². The summed E-state index contributed by atoms with van der Waals surface area (Å²) in [7, 11) is 0. The van der Waals surface area contributed by atoms with Crippen LogP contribution < -0.4 is 0 Å². The van der Waals surface area contributed by atoms with E-state index >= 15 is 0 Å². The zero-order chi connectivity index (χ0) is 9.26. The lowest BCUT2D eigenvalue weighted by Crippen LogP contribution is -2.49. The van der Waals surface area contributed by atoms with Crippen molar-refractivity contribution in [2.75, 3.05) is 19.8 Å². The monoisotopic (exact) mass is 183 g/mol. The summed E-state index contributed by atoms with van der Waals surface area (Å²) in [4.78, 5) is 2.68. The highest BCUT2D eigenvalue weighted by atomic mass is 16.5. The normalized spacial score (nSPS) is 36.2. The number of fused-ring (bicyclic) bond motifs is 5. The first-order chi connectivity index (χ1) is 6.27. The van der Waals surface area contributed by atoms with Crippen LogP contribution in [0.1, 0.15) is 33.1 Å². The van der Waals surface area contributed by atoms with Crippen LogP contribution in [-0.2, 0) is 4.74 Å². The van der Waals surface area contributed by atoms with Gasteiger partial charge in [0.25, 0.3) is 0 Å². The molecule has 2 bridgehead atoms. The molecule has 0 saturated carbocycles. The Morgan fingerprint density at radius 2 is 2.08 bits per heavy atom. The molecule has 2 atom stereocenters. The molecular weight excluding hydrogens is 162 g/mol. The van der Waals surface area contributed by atoms with Gasteiger partial charge in [0.1, 0.15) is 0 Å². The van der Waals surface area contributed by atoms with Gasteiger partial charge < -0.3 is 4.74 Å². The third kappa shape index (κ3) is 2.05. The summed E-state index contributed by atoms with van der Waals surface area (Å²) in [5.74, 6) is 0.805. The largest absolute Gasteiger partial charge is 0.381 e. The summed E-state index contributed by atoms with van der Waals surface area (Å²) in [6.07, 6.45) is 4.02. The predicted molar refractivity (Wildman–Crippen MR) is 53.8 cm³/mol. The Bertz CT molecular complexity index is 165. The molecule has 2 unspecified atom stereocenters. The summed E-state index contributed by atoms with van der Waals surface area (Å²) in [6, 6.07) is 1.52. The van der Waals surface area contributed by atoms with Crippen molar-refractivity contribution in [3.05, 3.63) is 0 Å². The van der Waals surface area contributed by atoms with Gasteiger partial charge in [-0.15, -0.1) is 0 Å². The minimum Gasteiger partial charge on any atom is -0.381 e. The number of nitrogens with zero attached hydrogens (tertiary/aromatic N) is 1. The third-order valence-electron chi connectivity index (χ3n) is 3.46. The fourth-order valence-electron chi connectivity index (χ4n) is 2.68. The van der Waals surface area contributed by atoms with Crippen LogP contribution in [0.25, 0.3) is 0 Å². The van der Waals surface area contributed by atoms with Crippen molar-refractivity contribution in [2.45, 2.75) is 45.2 Å². The fourth-order valence-corrected chi connectivity index (χ4v) is 2.68. The molecule has 13 heavy (non-hydrogen) atoms. The Morgan fingerprint density at radius 1 is 1.23 bits per heavy atom. The fraction of sp³-hybridized carbons (Fsp3) is 1.00. The molecule has 3 aliphatic heterocycles. The van der Waals surface area contributed by atoms with E-state index in [9.17, 15) is 0 Å². The van der Waals surface area contributed by atoms with Crippen LogP contribution in [0, 0.1) is 5.92 Å². The summed E-state index contributed by atoms with van der Waals surface area (Å²) in [5, 5.41) is 0. The van der Waals surface area contributed by atoms with E-state index in [1.165, 1.54) is 25.8 Å². The van der Waals surface area contributed by atoms with Gasteiger partial charge in [0, 0.05) is 25.2 Å². The molecule has 3 fully saturated rings. The molecule has 0 aromatic carbocycles. The second-order valence-electron chi connectivity index (χ2n) is 4.75. The second kappa shape index (κ2) is 3.97. The van der Waals surface area contributed by atoms with Crippen LogP contribution >= 0.6 is 0 Å². The summed E-state index contributed by atoms with van der Waals surface area (Å²) in [6.45, 7) is 7.87. The summed E-state index contributed by atoms with van der Waals surface area (Å²) in [5.41, 5.74) is 0.